The molecule has 5 nitrogen and oxygen atoms in total. The van der Waals surface area contributed by atoms with E-state index in [1.165, 1.54) is 16.3 Å². The Hall–Kier alpha value is -2.66. The third-order valence-electron chi connectivity index (χ3n) is 5.65. The number of aromatic amines is 1. The highest BCUT2D eigenvalue weighted by molar-refractivity contribution is 5.96. The smallest absolute Gasteiger partial charge is 0.240 e. The molecule has 1 atom stereocenters. The van der Waals surface area contributed by atoms with E-state index in [9.17, 15) is 4.79 Å². The van der Waals surface area contributed by atoms with Gasteiger partial charge in [-0.05, 0) is 30.2 Å². The number of rotatable bonds is 2. The lowest BCUT2D eigenvalue weighted by Gasteiger charge is -2.29. The lowest BCUT2D eigenvalue weighted by molar-refractivity contribution is -0.134. The van der Waals surface area contributed by atoms with Crippen LogP contribution < -0.4 is 5.32 Å². The van der Waals surface area contributed by atoms with Crippen molar-refractivity contribution in [2.45, 2.75) is 31.8 Å². The van der Waals surface area contributed by atoms with Crippen LogP contribution >= 0.6 is 0 Å². The van der Waals surface area contributed by atoms with Crippen molar-refractivity contribution in [3.63, 3.8) is 0 Å². The Morgan fingerprint density at radius 3 is 2.92 bits per heavy atom. The lowest BCUT2D eigenvalue weighted by Crippen LogP contribution is -2.45. The van der Waals surface area contributed by atoms with Crippen molar-refractivity contribution >= 4 is 16.7 Å². The van der Waals surface area contributed by atoms with Crippen molar-refractivity contribution in [1.82, 2.24) is 20.4 Å². The van der Waals surface area contributed by atoms with Crippen molar-refractivity contribution in [3.05, 3.63) is 53.7 Å². The Balaban J connectivity index is 1.52. The van der Waals surface area contributed by atoms with Gasteiger partial charge in [0, 0.05) is 36.3 Å². The highest BCUT2D eigenvalue weighted by Crippen LogP contribution is 2.33. The minimum Gasteiger partial charge on any atom is -0.336 e. The fraction of sp³-hybridized carbons (Fsp3) is 0.333. The summed E-state index contributed by atoms with van der Waals surface area (Å²) in [7, 11) is 0. The van der Waals surface area contributed by atoms with Crippen LogP contribution in [0.3, 0.4) is 0 Å². The average molecular weight is 346 g/mol. The van der Waals surface area contributed by atoms with Crippen LogP contribution in [-0.4, -0.2) is 40.1 Å². The van der Waals surface area contributed by atoms with Gasteiger partial charge in [0.05, 0.1) is 11.7 Å². The Labute approximate surface area is 152 Å². The lowest BCUT2D eigenvalue weighted by atomic mass is 9.96. The zero-order chi connectivity index (χ0) is 17.5. The molecule has 0 bridgehead atoms. The Morgan fingerprint density at radius 2 is 2.04 bits per heavy atom. The van der Waals surface area contributed by atoms with Gasteiger partial charge in [-0.3, -0.25) is 9.89 Å². The van der Waals surface area contributed by atoms with Crippen LogP contribution in [0.1, 0.15) is 24.1 Å². The maximum absolute atomic E-state index is 12.8. The number of H-pyrrole nitrogens is 1. The third-order valence-corrected chi connectivity index (χ3v) is 5.65. The fourth-order valence-electron chi connectivity index (χ4n) is 4.25. The number of fused-ring (bicyclic) bond motifs is 2. The molecule has 0 spiro atoms. The van der Waals surface area contributed by atoms with Gasteiger partial charge in [0.15, 0.2) is 0 Å². The largest absolute Gasteiger partial charge is 0.336 e. The van der Waals surface area contributed by atoms with E-state index >= 15 is 0 Å². The molecule has 1 amide bonds. The van der Waals surface area contributed by atoms with E-state index in [0.29, 0.717) is 6.54 Å². The summed E-state index contributed by atoms with van der Waals surface area (Å²) in [6.07, 6.45) is 2.87. The number of hydrogen-bond donors (Lipinski definition) is 2. The number of hydrogen-bond acceptors (Lipinski definition) is 3. The van der Waals surface area contributed by atoms with Gasteiger partial charge < -0.3 is 10.2 Å². The number of benzene rings is 2. The van der Waals surface area contributed by atoms with Gasteiger partial charge in [-0.25, -0.2) is 0 Å². The number of aromatic nitrogens is 2. The highest BCUT2D eigenvalue weighted by atomic mass is 16.2. The van der Waals surface area contributed by atoms with E-state index < -0.39 is 0 Å². The molecule has 2 aromatic carbocycles. The summed E-state index contributed by atoms with van der Waals surface area (Å²) < 4.78 is 0. The highest BCUT2D eigenvalue weighted by Gasteiger charge is 2.31. The number of carbonyl (C=O) groups excluding carboxylic acids is 1. The molecule has 1 saturated heterocycles. The van der Waals surface area contributed by atoms with Crippen molar-refractivity contribution in [2.24, 2.45) is 0 Å². The standard InChI is InChI=1S/C21H22N4O/c26-21(19-9-4-11-22-19)25-12-10-18-17(13-25)20(24-23-18)16-8-3-6-14-5-1-2-7-15(14)16/h1-3,5-8,19,22H,4,9-13H2,(H,23,24)/t19-/m1/s1. The molecule has 5 heteroatoms. The monoisotopic (exact) mass is 346 g/mol. The van der Waals surface area contributed by atoms with Crippen molar-refractivity contribution in [2.75, 3.05) is 13.1 Å². The second-order valence-electron chi connectivity index (χ2n) is 7.21. The van der Waals surface area contributed by atoms with E-state index in [2.05, 4.69) is 58.0 Å². The van der Waals surface area contributed by atoms with Crippen molar-refractivity contribution in [1.29, 1.82) is 0 Å². The van der Waals surface area contributed by atoms with E-state index in [1.54, 1.807) is 0 Å². The molecule has 0 saturated carbocycles. The summed E-state index contributed by atoms with van der Waals surface area (Å²) in [6.45, 7) is 2.35. The molecular formula is C21H22N4O. The summed E-state index contributed by atoms with van der Waals surface area (Å²) in [5, 5.41) is 13.6. The molecule has 5 rings (SSSR count). The molecule has 132 valence electrons. The molecule has 2 N–H and O–H groups in total. The maximum atomic E-state index is 12.8. The van der Waals surface area contributed by atoms with E-state index in [-0.39, 0.29) is 11.9 Å². The van der Waals surface area contributed by atoms with Gasteiger partial charge in [0.1, 0.15) is 0 Å². The normalized spacial score (nSPS) is 19.7. The van der Waals surface area contributed by atoms with Gasteiger partial charge in [0.25, 0.3) is 0 Å². The second-order valence-corrected chi connectivity index (χ2v) is 7.21. The zero-order valence-corrected chi connectivity index (χ0v) is 14.7. The van der Waals surface area contributed by atoms with Gasteiger partial charge in [-0.2, -0.15) is 5.10 Å². The minimum absolute atomic E-state index is 0.00976. The van der Waals surface area contributed by atoms with Gasteiger partial charge in [0.2, 0.25) is 5.91 Å². The van der Waals surface area contributed by atoms with E-state index in [0.717, 1.165) is 49.3 Å². The predicted molar refractivity (Wildman–Crippen MR) is 102 cm³/mol. The summed E-state index contributed by atoms with van der Waals surface area (Å²) in [5.74, 6) is 0.234. The SMILES string of the molecule is O=C([C@H]1CCCN1)N1CCc2[nH]nc(-c3cccc4ccccc34)c2C1. The summed E-state index contributed by atoms with van der Waals surface area (Å²) in [5.41, 5.74) is 4.44. The predicted octanol–water partition coefficient (Wildman–Crippen LogP) is 2.87. The Bertz CT molecular complexity index is 966. The van der Waals surface area contributed by atoms with Crippen LogP contribution in [-0.2, 0) is 17.8 Å². The molecule has 0 aliphatic carbocycles. The maximum Gasteiger partial charge on any atom is 0.240 e. The fourth-order valence-corrected chi connectivity index (χ4v) is 4.25. The Kier molecular flexibility index (Phi) is 3.75. The van der Waals surface area contributed by atoms with Crippen molar-refractivity contribution < 1.29 is 4.79 Å². The molecule has 26 heavy (non-hydrogen) atoms. The molecule has 3 aromatic rings. The molecule has 2 aliphatic heterocycles. The first-order chi connectivity index (χ1) is 12.8. The van der Waals surface area contributed by atoms with E-state index in [4.69, 9.17) is 0 Å². The van der Waals surface area contributed by atoms with Crippen LogP contribution in [0.4, 0.5) is 0 Å². The molecule has 0 unspecified atom stereocenters. The van der Waals surface area contributed by atoms with Crippen LogP contribution in [0, 0.1) is 0 Å². The molecular weight excluding hydrogens is 324 g/mol. The van der Waals surface area contributed by atoms with Crippen LogP contribution in [0.2, 0.25) is 0 Å². The number of amides is 1. The summed E-state index contributed by atoms with van der Waals surface area (Å²) in [6, 6.07) is 14.7. The topological polar surface area (TPSA) is 61.0 Å². The first-order valence-corrected chi connectivity index (χ1v) is 9.38. The van der Waals surface area contributed by atoms with Crippen molar-refractivity contribution in [3.8, 4) is 11.3 Å². The zero-order valence-electron chi connectivity index (χ0n) is 14.7. The minimum atomic E-state index is -0.00976. The molecule has 3 heterocycles. The second kappa shape index (κ2) is 6.25. The number of carbonyl (C=O) groups is 1. The van der Waals surface area contributed by atoms with Crippen LogP contribution in [0.15, 0.2) is 42.5 Å². The third kappa shape index (κ3) is 2.51. The van der Waals surface area contributed by atoms with Crippen LogP contribution in [0.5, 0.6) is 0 Å². The number of nitrogens with zero attached hydrogens (tertiary/aromatic N) is 2. The molecule has 1 aromatic heterocycles. The quantitative estimate of drug-likeness (QED) is 0.750. The summed E-state index contributed by atoms with van der Waals surface area (Å²) >= 11 is 0. The summed E-state index contributed by atoms with van der Waals surface area (Å²) in [4.78, 5) is 14.8. The molecule has 2 aliphatic rings. The Morgan fingerprint density at radius 1 is 1.15 bits per heavy atom. The van der Waals surface area contributed by atoms with Crippen LogP contribution in [0.25, 0.3) is 22.0 Å². The molecule has 0 radical (unpaired) electrons. The first kappa shape index (κ1) is 15.6. The van der Waals surface area contributed by atoms with Gasteiger partial charge in [-0.1, -0.05) is 42.5 Å². The number of nitrogens with one attached hydrogen (secondary N) is 2. The van der Waals surface area contributed by atoms with Gasteiger partial charge >= 0.3 is 0 Å². The van der Waals surface area contributed by atoms with E-state index in [1.807, 2.05) is 4.90 Å². The first-order valence-electron chi connectivity index (χ1n) is 9.38. The average Bonchev–Trinajstić information content (AvgIpc) is 3.36. The molecule has 1 fully saturated rings. The van der Waals surface area contributed by atoms with Gasteiger partial charge in [-0.15, -0.1) is 0 Å².